The van der Waals surface area contributed by atoms with Crippen molar-refractivity contribution in [2.75, 3.05) is 19.0 Å². The molecule has 0 radical (unpaired) electrons. The van der Waals surface area contributed by atoms with Crippen molar-refractivity contribution in [3.8, 4) is 0 Å². The molecule has 0 saturated heterocycles. The first-order valence-electron chi connectivity index (χ1n) is 7.45. The summed E-state index contributed by atoms with van der Waals surface area (Å²) in [5.74, 6) is 0. The van der Waals surface area contributed by atoms with E-state index in [-0.39, 0.29) is 0 Å². The highest BCUT2D eigenvalue weighted by Crippen LogP contribution is 2.22. The fourth-order valence-corrected chi connectivity index (χ4v) is 2.56. The molecule has 0 N–H and O–H groups in total. The van der Waals surface area contributed by atoms with Crippen LogP contribution in [0.2, 0.25) is 0 Å². The minimum absolute atomic E-state index is 1.08. The molecule has 0 saturated carbocycles. The summed E-state index contributed by atoms with van der Waals surface area (Å²) in [7, 11) is 4.10. The van der Waals surface area contributed by atoms with Gasteiger partial charge in [0.1, 0.15) is 0 Å². The van der Waals surface area contributed by atoms with E-state index in [4.69, 9.17) is 0 Å². The Labute approximate surface area is 131 Å². The molecule has 110 valence electrons. The normalized spacial score (nSPS) is 11.2. The van der Waals surface area contributed by atoms with Crippen LogP contribution in [-0.2, 0) is 0 Å². The summed E-state index contributed by atoms with van der Waals surface area (Å²) >= 11 is 0. The first-order valence-corrected chi connectivity index (χ1v) is 7.45. The van der Waals surface area contributed by atoms with E-state index >= 15 is 0 Å². The largest absolute Gasteiger partial charge is 0.378 e. The monoisotopic (exact) mass is 288 g/mol. The van der Waals surface area contributed by atoms with Crippen LogP contribution in [0.3, 0.4) is 0 Å². The van der Waals surface area contributed by atoms with Crippen molar-refractivity contribution in [3.63, 3.8) is 0 Å². The van der Waals surface area contributed by atoms with Crippen molar-refractivity contribution in [1.29, 1.82) is 0 Å². The highest BCUT2D eigenvalue weighted by atomic mass is 15.1. The van der Waals surface area contributed by atoms with Gasteiger partial charge in [-0.2, -0.15) is 0 Å². The summed E-state index contributed by atoms with van der Waals surface area (Å²) < 4.78 is 0. The smallest absolute Gasteiger partial charge is 0.0737 e. The van der Waals surface area contributed by atoms with E-state index in [1.165, 1.54) is 27.8 Å². The second kappa shape index (κ2) is 6.02. The topological polar surface area (TPSA) is 16.1 Å². The van der Waals surface area contributed by atoms with Gasteiger partial charge in [-0.05, 0) is 41.8 Å². The van der Waals surface area contributed by atoms with E-state index in [9.17, 15) is 0 Å². The quantitative estimate of drug-likeness (QED) is 0.689. The van der Waals surface area contributed by atoms with E-state index in [1.807, 2.05) is 6.20 Å². The van der Waals surface area contributed by atoms with Crippen molar-refractivity contribution in [2.24, 2.45) is 0 Å². The summed E-state index contributed by atoms with van der Waals surface area (Å²) in [4.78, 5) is 6.59. The summed E-state index contributed by atoms with van der Waals surface area (Å²) in [5.41, 5.74) is 5.89. The molecule has 0 aliphatic rings. The zero-order valence-electron chi connectivity index (χ0n) is 13.2. The number of nitrogens with zero attached hydrogens (tertiary/aromatic N) is 2. The predicted octanol–water partition coefficient (Wildman–Crippen LogP) is 4.78. The van der Waals surface area contributed by atoms with Gasteiger partial charge in [0.2, 0.25) is 0 Å². The Bertz CT molecular complexity index is 815. The van der Waals surface area contributed by atoms with Crippen molar-refractivity contribution < 1.29 is 0 Å². The number of anilines is 1. The Balaban J connectivity index is 1.94. The number of fused-ring (bicyclic) bond motifs is 1. The Morgan fingerprint density at radius 3 is 2.41 bits per heavy atom. The van der Waals surface area contributed by atoms with Gasteiger partial charge in [-0.15, -0.1) is 0 Å². The predicted molar refractivity (Wildman–Crippen MR) is 96.2 cm³/mol. The molecule has 1 heterocycles. The standard InChI is InChI=1S/C20H20N2/c1-15-5-4-6-19-17(13-14-21-20(15)19)10-7-16-8-11-18(12-9-16)22(2)3/h4-14H,1-3H3. The minimum atomic E-state index is 1.08. The second-order valence-electron chi connectivity index (χ2n) is 5.69. The second-order valence-corrected chi connectivity index (χ2v) is 5.69. The van der Waals surface area contributed by atoms with Crippen molar-refractivity contribution in [1.82, 2.24) is 4.98 Å². The summed E-state index contributed by atoms with van der Waals surface area (Å²) in [6, 6.07) is 16.9. The van der Waals surface area contributed by atoms with Crippen molar-refractivity contribution in [3.05, 3.63) is 71.4 Å². The molecule has 0 fully saturated rings. The lowest BCUT2D eigenvalue weighted by Crippen LogP contribution is -2.07. The lowest BCUT2D eigenvalue weighted by Gasteiger charge is -2.11. The Morgan fingerprint density at radius 2 is 1.68 bits per heavy atom. The van der Waals surface area contributed by atoms with E-state index in [0.717, 1.165) is 5.52 Å². The van der Waals surface area contributed by atoms with Gasteiger partial charge in [-0.1, -0.05) is 42.5 Å². The number of benzene rings is 2. The molecule has 0 atom stereocenters. The lowest BCUT2D eigenvalue weighted by molar-refractivity contribution is 1.13. The molecule has 2 nitrogen and oxygen atoms in total. The molecule has 3 rings (SSSR count). The molecule has 0 aliphatic heterocycles. The van der Waals surface area contributed by atoms with Crippen LogP contribution in [-0.4, -0.2) is 19.1 Å². The summed E-state index contributed by atoms with van der Waals surface area (Å²) in [6.07, 6.45) is 6.19. The molecule has 1 aromatic heterocycles. The number of aryl methyl sites for hydroxylation is 1. The van der Waals surface area contributed by atoms with Gasteiger partial charge in [-0.3, -0.25) is 4.98 Å². The third kappa shape index (κ3) is 2.86. The third-order valence-corrected chi connectivity index (χ3v) is 3.87. The number of rotatable bonds is 3. The van der Waals surface area contributed by atoms with Crippen LogP contribution in [0.4, 0.5) is 5.69 Å². The molecule has 3 aromatic rings. The van der Waals surface area contributed by atoms with Crippen molar-refractivity contribution >= 4 is 28.7 Å². The van der Waals surface area contributed by atoms with E-state index in [1.54, 1.807) is 0 Å². The Kier molecular flexibility index (Phi) is 3.92. The maximum atomic E-state index is 4.49. The van der Waals surface area contributed by atoms with Crippen LogP contribution in [0.5, 0.6) is 0 Å². The van der Waals surface area contributed by atoms with Gasteiger partial charge in [-0.25, -0.2) is 0 Å². The third-order valence-electron chi connectivity index (χ3n) is 3.87. The number of hydrogen-bond donors (Lipinski definition) is 0. The Hall–Kier alpha value is -2.61. The molecule has 0 amide bonds. The molecule has 2 heteroatoms. The van der Waals surface area contributed by atoms with Gasteiger partial charge in [0, 0.05) is 31.4 Å². The number of aromatic nitrogens is 1. The number of pyridine rings is 1. The highest BCUT2D eigenvalue weighted by molar-refractivity contribution is 5.92. The number of para-hydroxylation sites is 1. The molecule has 22 heavy (non-hydrogen) atoms. The molecular weight excluding hydrogens is 268 g/mol. The molecule has 0 unspecified atom stereocenters. The van der Waals surface area contributed by atoms with E-state index in [0.29, 0.717) is 0 Å². The molecule has 2 aromatic carbocycles. The summed E-state index contributed by atoms with van der Waals surface area (Å²) in [6.45, 7) is 2.10. The highest BCUT2D eigenvalue weighted by Gasteiger charge is 2.01. The first kappa shape index (κ1) is 14.3. The minimum Gasteiger partial charge on any atom is -0.378 e. The zero-order valence-corrected chi connectivity index (χ0v) is 13.2. The SMILES string of the molecule is Cc1cccc2c(C=Cc3ccc(N(C)C)cc3)ccnc12. The Morgan fingerprint density at radius 1 is 0.909 bits per heavy atom. The number of hydrogen-bond acceptors (Lipinski definition) is 2. The summed E-state index contributed by atoms with van der Waals surface area (Å²) in [5, 5.41) is 1.20. The van der Waals surface area contributed by atoms with Gasteiger partial charge < -0.3 is 4.90 Å². The molecule has 0 aliphatic carbocycles. The molecule has 0 spiro atoms. The van der Waals surface area contributed by atoms with Crippen LogP contribution in [0, 0.1) is 6.92 Å². The van der Waals surface area contributed by atoms with E-state index in [2.05, 4.69) is 91.6 Å². The average Bonchev–Trinajstić information content (AvgIpc) is 2.54. The van der Waals surface area contributed by atoms with Crippen LogP contribution in [0.25, 0.3) is 23.1 Å². The lowest BCUT2D eigenvalue weighted by atomic mass is 10.0. The van der Waals surface area contributed by atoms with Crippen LogP contribution in [0.15, 0.2) is 54.7 Å². The van der Waals surface area contributed by atoms with Gasteiger partial charge >= 0.3 is 0 Å². The first-order chi connectivity index (χ1) is 10.6. The maximum absolute atomic E-state index is 4.49. The van der Waals surface area contributed by atoms with Gasteiger partial charge in [0.15, 0.2) is 0 Å². The van der Waals surface area contributed by atoms with Crippen molar-refractivity contribution in [2.45, 2.75) is 6.92 Å². The van der Waals surface area contributed by atoms with Crippen LogP contribution in [0.1, 0.15) is 16.7 Å². The maximum Gasteiger partial charge on any atom is 0.0737 e. The zero-order chi connectivity index (χ0) is 15.5. The molecule has 0 bridgehead atoms. The fourth-order valence-electron chi connectivity index (χ4n) is 2.56. The molecular formula is C20H20N2. The van der Waals surface area contributed by atoms with Crippen LogP contribution < -0.4 is 4.90 Å². The van der Waals surface area contributed by atoms with E-state index < -0.39 is 0 Å². The van der Waals surface area contributed by atoms with Crippen LogP contribution >= 0.6 is 0 Å². The fraction of sp³-hybridized carbons (Fsp3) is 0.150. The van der Waals surface area contributed by atoms with Gasteiger partial charge in [0.25, 0.3) is 0 Å². The average molecular weight is 288 g/mol. The van der Waals surface area contributed by atoms with Gasteiger partial charge in [0.05, 0.1) is 5.52 Å².